The van der Waals surface area contributed by atoms with Gasteiger partial charge in [0.25, 0.3) is 0 Å². The molecule has 1 aliphatic rings. The first kappa shape index (κ1) is 17.4. The molecule has 0 bridgehead atoms. The molecule has 2 heterocycles. The summed E-state index contributed by atoms with van der Waals surface area (Å²) in [6.07, 6.45) is 4.99. The first-order chi connectivity index (χ1) is 12.1. The predicted octanol–water partition coefficient (Wildman–Crippen LogP) is 2.95. The lowest BCUT2D eigenvalue weighted by atomic mass is 9.89. The molecule has 1 aromatic heterocycles. The normalized spacial score (nSPS) is 17.2. The average molecular weight is 338 g/mol. The molecule has 132 valence electrons. The third-order valence-electron chi connectivity index (χ3n) is 5.00. The monoisotopic (exact) mass is 338 g/mol. The Bertz CT molecular complexity index is 679. The molecule has 2 aromatic rings. The summed E-state index contributed by atoms with van der Waals surface area (Å²) in [5, 5.41) is 2.92. The number of benzene rings is 1. The average Bonchev–Trinajstić information content (AvgIpc) is 2.64. The first-order valence-electron chi connectivity index (χ1n) is 8.92. The number of hydrogen-bond donors (Lipinski definition) is 2. The van der Waals surface area contributed by atoms with Crippen LogP contribution < -0.4 is 11.1 Å². The highest BCUT2D eigenvalue weighted by Crippen LogP contribution is 2.23. The molecular weight excluding hydrogens is 312 g/mol. The lowest BCUT2D eigenvalue weighted by Crippen LogP contribution is -2.46. The van der Waals surface area contributed by atoms with Crippen molar-refractivity contribution in [3.63, 3.8) is 0 Å². The lowest BCUT2D eigenvalue weighted by Gasteiger charge is -2.35. The second kappa shape index (κ2) is 8.12. The zero-order valence-corrected chi connectivity index (χ0v) is 14.7. The van der Waals surface area contributed by atoms with Gasteiger partial charge in [0.15, 0.2) is 0 Å². The van der Waals surface area contributed by atoms with E-state index >= 15 is 0 Å². The topological polar surface area (TPSA) is 71.2 Å². The number of hydrogen-bond acceptors (Lipinski definition) is 4. The molecule has 0 radical (unpaired) electrons. The number of carbonyl (C=O) groups is 1. The number of carbonyl (C=O) groups excluding carboxylic acids is 1. The second-order valence-corrected chi connectivity index (χ2v) is 6.81. The van der Waals surface area contributed by atoms with Gasteiger partial charge in [0.2, 0.25) is 5.91 Å². The summed E-state index contributed by atoms with van der Waals surface area (Å²) in [6, 6.07) is 14.0. The highest BCUT2D eigenvalue weighted by molar-refractivity contribution is 5.94. The Kier molecular flexibility index (Phi) is 5.66. The summed E-state index contributed by atoms with van der Waals surface area (Å²) in [4.78, 5) is 18.7. The van der Waals surface area contributed by atoms with Gasteiger partial charge in [-0.25, -0.2) is 4.98 Å². The number of nitrogens with two attached hydrogens (primary N) is 1. The van der Waals surface area contributed by atoms with Crippen molar-refractivity contribution in [1.82, 2.24) is 9.88 Å². The zero-order valence-electron chi connectivity index (χ0n) is 14.7. The van der Waals surface area contributed by atoms with E-state index < -0.39 is 0 Å². The number of amides is 1. The van der Waals surface area contributed by atoms with Gasteiger partial charge in [-0.2, -0.15) is 0 Å². The van der Waals surface area contributed by atoms with Crippen LogP contribution in [0.2, 0.25) is 0 Å². The largest absolute Gasteiger partial charge is 0.384 e. The van der Waals surface area contributed by atoms with Crippen molar-refractivity contribution in [2.45, 2.75) is 32.2 Å². The van der Waals surface area contributed by atoms with Crippen molar-refractivity contribution in [2.75, 3.05) is 24.1 Å². The van der Waals surface area contributed by atoms with Crippen molar-refractivity contribution in [1.29, 1.82) is 0 Å². The van der Waals surface area contributed by atoms with Crippen LogP contribution in [0.25, 0.3) is 0 Å². The van der Waals surface area contributed by atoms with Crippen molar-refractivity contribution in [3.8, 4) is 0 Å². The fourth-order valence-electron chi connectivity index (χ4n) is 3.38. The molecule has 5 nitrogen and oxygen atoms in total. The fourth-order valence-corrected chi connectivity index (χ4v) is 3.38. The van der Waals surface area contributed by atoms with Crippen molar-refractivity contribution < 1.29 is 4.79 Å². The number of nitrogens with zero attached hydrogens (tertiary/aromatic N) is 2. The molecule has 5 heteroatoms. The van der Waals surface area contributed by atoms with E-state index in [1.54, 1.807) is 18.3 Å². The summed E-state index contributed by atoms with van der Waals surface area (Å²) in [6.45, 7) is 3.90. The van der Waals surface area contributed by atoms with Gasteiger partial charge in [-0.1, -0.05) is 30.3 Å². The van der Waals surface area contributed by atoms with Gasteiger partial charge in [0.05, 0.1) is 17.9 Å². The Morgan fingerprint density at radius 1 is 1.24 bits per heavy atom. The van der Waals surface area contributed by atoms with Crippen molar-refractivity contribution in [2.24, 2.45) is 5.92 Å². The van der Waals surface area contributed by atoms with E-state index in [-0.39, 0.29) is 11.9 Å². The summed E-state index contributed by atoms with van der Waals surface area (Å²) in [7, 11) is 0. The summed E-state index contributed by atoms with van der Waals surface area (Å²) in [5.74, 6) is 1.16. The smallest absolute Gasteiger partial charge is 0.241 e. The van der Waals surface area contributed by atoms with Gasteiger partial charge < -0.3 is 11.1 Å². The minimum Gasteiger partial charge on any atom is -0.384 e. The molecule has 1 fully saturated rings. The van der Waals surface area contributed by atoms with Crippen LogP contribution in [0.15, 0.2) is 48.7 Å². The summed E-state index contributed by atoms with van der Waals surface area (Å²) in [5.41, 5.74) is 7.66. The molecular formula is C20H26N4O. The number of aromatic nitrogens is 1. The summed E-state index contributed by atoms with van der Waals surface area (Å²) < 4.78 is 0. The van der Waals surface area contributed by atoms with Crippen LogP contribution in [-0.4, -0.2) is 34.9 Å². The highest BCUT2D eigenvalue weighted by atomic mass is 16.2. The van der Waals surface area contributed by atoms with Gasteiger partial charge in [0.1, 0.15) is 5.82 Å². The first-order valence-corrected chi connectivity index (χ1v) is 8.92. The molecule has 0 spiro atoms. The van der Waals surface area contributed by atoms with Crippen LogP contribution in [0.3, 0.4) is 0 Å². The third-order valence-corrected chi connectivity index (χ3v) is 5.00. The van der Waals surface area contributed by atoms with Crippen LogP contribution in [0.5, 0.6) is 0 Å². The van der Waals surface area contributed by atoms with E-state index in [1.165, 1.54) is 5.56 Å². The second-order valence-electron chi connectivity index (χ2n) is 6.81. The third kappa shape index (κ3) is 4.79. The fraction of sp³-hybridized carbons (Fsp3) is 0.400. The van der Waals surface area contributed by atoms with E-state index in [4.69, 9.17) is 5.73 Å². The number of nitrogen functional groups attached to an aromatic ring is 1. The number of likely N-dealkylation sites (tertiary alicyclic amines) is 1. The zero-order chi connectivity index (χ0) is 17.6. The molecule has 25 heavy (non-hydrogen) atoms. The summed E-state index contributed by atoms with van der Waals surface area (Å²) >= 11 is 0. The minimum absolute atomic E-state index is 0.00748. The Morgan fingerprint density at radius 3 is 2.60 bits per heavy atom. The van der Waals surface area contributed by atoms with Crippen LogP contribution in [-0.2, 0) is 11.2 Å². The van der Waals surface area contributed by atoms with E-state index in [0.717, 1.165) is 32.4 Å². The van der Waals surface area contributed by atoms with Crippen molar-refractivity contribution in [3.05, 3.63) is 54.2 Å². The molecule has 1 aliphatic heterocycles. The molecule has 1 amide bonds. The predicted molar refractivity (Wildman–Crippen MR) is 101 cm³/mol. The quantitative estimate of drug-likeness (QED) is 0.879. The molecule has 3 rings (SSSR count). The van der Waals surface area contributed by atoms with Gasteiger partial charge in [0, 0.05) is 0 Å². The standard InChI is InChI=1S/C20H26N4O/c1-15(20(25)23-18-7-8-19(21)22-14-18)24-11-9-17(10-12-24)13-16-5-3-2-4-6-16/h2-8,14-15,17H,9-13H2,1H3,(H2,21,22)(H,23,25). The molecule has 0 aliphatic carbocycles. The number of anilines is 2. The maximum atomic E-state index is 12.5. The SMILES string of the molecule is CC(C(=O)Nc1ccc(N)nc1)N1CCC(Cc2ccccc2)CC1. The van der Waals surface area contributed by atoms with Crippen LogP contribution in [0, 0.1) is 5.92 Å². The van der Waals surface area contributed by atoms with Crippen LogP contribution in [0.4, 0.5) is 11.5 Å². The van der Waals surface area contributed by atoms with Crippen molar-refractivity contribution >= 4 is 17.4 Å². The number of rotatable bonds is 5. The Hall–Kier alpha value is -2.40. The van der Waals surface area contributed by atoms with E-state index in [9.17, 15) is 4.79 Å². The molecule has 3 N–H and O–H groups in total. The number of piperidine rings is 1. The van der Waals surface area contributed by atoms with Crippen LogP contribution >= 0.6 is 0 Å². The van der Waals surface area contributed by atoms with Gasteiger partial charge in [-0.15, -0.1) is 0 Å². The Morgan fingerprint density at radius 2 is 1.96 bits per heavy atom. The highest BCUT2D eigenvalue weighted by Gasteiger charge is 2.26. The molecule has 0 saturated carbocycles. The molecule has 1 aromatic carbocycles. The van der Waals surface area contributed by atoms with Gasteiger partial charge in [-0.05, 0) is 62.9 Å². The van der Waals surface area contributed by atoms with Gasteiger partial charge >= 0.3 is 0 Å². The maximum Gasteiger partial charge on any atom is 0.241 e. The maximum absolute atomic E-state index is 12.5. The Balaban J connectivity index is 1.48. The molecule has 1 unspecified atom stereocenters. The Labute approximate surface area is 149 Å². The number of pyridine rings is 1. The number of nitrogens with one attached hydrogen (secondary N) is 1. The van der Waals surface area contributed by atoms with Gasteiger partial charge in [-0.3, -0.25) is 9.69 Å². The van der Waals surface area contributed by atoms with Crippen LogP contribution in [0.1, 0.15) is 25.3 Å². The molecule has 1 saturated heterocycles. The molecule has 1 atom stereocenters. The van der Waals surface area contributed by atoms with E-state index in [2.05, 4.69) is 45.5 Å². The van der Waals surface area contributed by atoms with E-state index in [0.29, 0.717) is 17.4 Å². The lowest BCUT2D eigenvalue weighted by molar-refractivity contribution is -0.121. The van der Waals surface area contributed by atoms with E-state index in [1.807, 2.05) is 6.92 Å². The minimum atomic E-state index is -0.143.